The van der Waals surface area contributed by atoms with Gasteiger partial charge in [0.2, 0.25) is 5.91 Å². The molecule has 3 rings (SSSR count). The molecule has 1 heterocycles. The van der Waals surface area contributed by atoms with E-state index in [1.807, 2.05) is 24.3 Å². The summed E-state index contributed by atoms with van der Waals surface area (Å²) in [6, 6.07) is 8.02. The number of ether oxygens (including phenoxy) is 1. The third-order valence-corrected chi connectivity index (χ3v) is 5.62. The molecule has 0 radical (unpaired) electrons. The first-order chi connectivity index (χ1) is 12.2. The number of aryl methyl sites for hydroxylation is 1. The van der Waals surface area contributed by atoms with Crippen LogP contribution in [0.15, 0.2) is 36.4 Å². The molecule has 136 valence electrons. The van der Waals surface area contributed by atoms with Gasteiger partial charge >= 0.3 is 0 Å². The van der Waals surface area contributed by atoms with E-state index in [0.29, 0.717) is 0 Å². The minimum absolute atomic E-state index is 0.0736. The summed E-state index contributed by atoms with van der Waals surface area (Å²) >= 11 is 0. The lowest BCUT2D eigenvalue weighted by molar-refractivity contribution is -0.112. The van der Waals surface area contributed by atoms with E-state index >= 15 is 0 Å². The van der Waals surface area contributed by atoms with Crippen molar-refractivity contribution in [3.63, 3.8) is 0 Å². The number of anilines is 1. The fourth-order valence-corrected chi connectivity index (χ4v) is 4.14. The zero-order valence-electron chi connectivity index (χ0n) is 15.4. The van der Waals surface area contributed by atoms with Crippen molar-refractivity contribution in [1.82, 2.24) is 0 Å². The van der Waals surface area contributed by atoms with Crippen LogP contribution >= 0.6 is 0 Å². The molecule has 25 heavy (non-hydrogen) atoms. The van der Waals surface area contributed by atoms with Gasteiger partial charge in [0.1, 0.15) is 0 Å². The standard InChI is InChI=1S/C22H31NO2/c1-2-18-9-8-10-19(17-18)23-21(24)12-11-20-13-16-22(25-20)14-6-4-3-5-7-15-22/h8-12,17,20H,2-7,13-16H2,1H3,(H,23,24). The van der Waals surface area contributed by atoms with Crippen molar-refractivity contribution in [2.45, 2.75) is 82.8 Å². The molecule has 2 fully saturated rings. The molecule has 1 saturated carbocycles. The molecule has 1 amide bonds. The van der Waals surface area contributed by atoms with Gasteiger partial charge in [-0.3, -0.25) is 4.79 Å². The molecule has 3 heteroatoms. The predicted octanol–water partition coefficient (Wildman–Crippen LogP) is 5.41. The number of benzene rings is 1. The zero-order chi connectivity index (χ0) is 17.5. The summed E-state index contributed by atoms with van der Waals surface area (Å²) in [7, 11) is 0. The summed E-state index contributed by atoms with van der Waals surface area (Å²) in [5, 5.41) is 2.95. The van der Waals surface area contributed by atoms with E-state index in [4.69, 9.17) is 4.74 Å². The summed E-state index contributed by atoms with van der Waals surface area (Å²) in [6.07, 6.45) is 15.8. The number of carbonyl (C=O) groups is 1. The van der Waals surface area contributed by atoms with Crippen LogP contribution in [0.25, 0.3) is 0 Å². The van der Waals surface area contributed by atoms with Gasteiger partial charge in [-0.25, -0.2) is 0 Å². The van der Waals surface area contributed by atoms with Gasteiger partial charge in [0.25, 0.3) is 0 Å². The molecule has 3 nitrogen and oxygen atoms in total. The topological polar surface area (TPSA) is 38.3 Å². The van der Waals surface area contributed by atoms with Gasteiger partial charge in [0.15, 0.2) is 0 Å². The summed E-state index contributed by atoms with van der Waals surface area (Å²) in [5.41, 5.74) is 2.17. The lowest BCUT2D eigenvalue weighted by Gasteiger charge is -2.31. The Morgan fingerprint density at radius 3 is 2.72 bits per heavy atom. The maximum absolute atomic E-state index is 12.2. The Morgan fingerprint density at radius 1 is 1.20 bits per heavy atom. The Morgan fingerprint density at radius 2 is 1.96 bits per heavy atom. The second-order valence-corrected chi connectivity index (χ2v) is 7.55. The van der Waals surface area contributed by atoms with Crippen molar-refractivity contribution in [2.24, 2.45) is 0 Å². The van der Waals surface area contributed by atoms with E-state index in [-0.39, 0.29) is 17.6 Å². The van der Waals surface area contributed by atoms with Gasteiger partial charge in [0, 0.05) is 11.8 Å². The number of hydrogen-bond donors (Lipinski definition) is 1. The van der Waals surface area contributed by atoms with Crippen LogP contribution < -0.4 is 5.32 Å². The van der Waals surface area contributed by atoms with Crippen molar-refractivity contribution >= 4 is 11.6 Å². The van der Waals surface area contributed by atoms with Crippen LogP contribution in [0.1, 0.15) is 70.3 Å². The number of rotatable bonds is 4. The van der Waals surface area contributed by atoms with Crippen molar-refractivity contribution in [2.75, 3.05) is 5.32 Å². The Hall–Kier alpha value is -1.61. The molecule has 1 N–H and O–H groups in total. The van der Waals surface area contributed by atoms with E-state index in [0.717, 1.165) is 24.9 Å². The molecule has 1 aliphatic heterocycles. The Kier molecular flexibility index (Phi) is 6.30. The molecule has 0 bridgehead atoms. The quantitative estimate of drug-likeness (QED) is 0.744. The number of nitrogens with one attached hydrogen (secondary N) is 1. The van der Waals surface area contributed by atoms with Crippen LogP contribution in [-0.4, -0.2) is 17.6 Å². The first-order valence-corrected chi connectivity index (χ1v) is 9.95. The van der Waals surface area contributed by atoms with Gasteiger partial charge in [-0.1, -0.05) is 57.2 Å². The highest BCUT2D eigenvalue weighted by molar-refractivity contribution is 5.99. The predicted molar refractivity (Wildman–Crippen MR) is 103 cm³/mol. The van der Waals surface area contributed by atoms with Crippen LogP contribution in [0.2, 0.25) is 0 Å². The fourth-order valence-electron chi connectivity index (χ4n) is 4.14. The molecule has 2 aliphatic rings. The average molecular weight is 341 g/mol. The molecule has 1 atom stereocenters. The molecular formula is C22H31NO2. The summed E-state index contributed by atoms with van der Waals surface area (Å²) < 4.78 is 6.40. The van der Waals surface area contributed by atoms with Crippen LogP contribution in [0.5, 0.6) is 0 Å². The maximum Gasteiger partial charge on any atom is 0.248 e. The monoisotopic (exact) mass is 341 g/mol. The molecule has 1 unspecified atom stereocenters. The van der Waals surface area contributed by atoms with Crippen molar-refractivity contribution in [1.29, 1.82) is 0 Å². The number of hydrogen-bond acceptors (Lipinski definition) is 2. The number of amides is 1. The van der Waals surface area contributed by atoms with Crippen LogP contribution in [0.4, 0.5) is 5.69 Å². The Bertz CT molecular complexity index is 600. The van der Waals surface area contributed by atoms with Crippen LogP contribution in [-0.2, 0) is 16.0 Å². The summed E-state index contributed by atoms with van der Waals surface area (Å²) in [6.45, 7) is 2.11. The van der Waals surface area contributed by atoms with Crippen molar-refractivity contribution in [3.05, 3.63) is 42.0 Å². The highest BCUT2D eigenvalue weighted by Crippen LogP contribution is 2.40. The van der Waals surface area contributed by atoms with Gasteiger partial charge in [-0.05, 0) is 49.8 Å². The minimum atomic E-state index is -0.0736. The second kappa shape index (κ2) is 8.66. The minimum Gasteiger partial charge on any atom is -0.368 e. The molecule has 0 aromatic heterocycles. The highest BCUT2D eigenvalue weighted by atomic mass is 16.5. The maximum atomic E-state index is 12.2. The summed E-state index contributed by atoms with van der Waals surface area (Å²) in [4.78, 5) is 12.2. The fraction of sp³-hybridized carbons (Fsp3) is 0.591. The normalized spacial score (nSPS) is 23.5. The zero-order valence-corrected chi connectivity index (χ0v) is 15.4. The van der Waals surface area contributed by atoms with Gasteiger partial charge in [-0.2, -0.15) is 0 Å². The average Bonchev–Trinajstić information content (AvgIpc) is 3.01. The highest BCUT2D eigenvalue weighted by Gasteiger charge is 2.38. The van der Waals surface area contributed by atoms with Crippen molar-refractivity contribution < 1.29 is 9.53 Å². The lowest BCUT2D eigenvalue weighted by Crippen LogP contribution is -2.29. The Labute approximate surface area is 151 Å². The molecule has 1 aromatic rings. The summed E-state index contributed by atoms with van der Waals surface area (Å²) in [5.74, 6) is -0.0736. The van der Waals surface area contributed by atoms with Crippen LogP contribution in [0, 0.1) is 0 Å². The largest absolute Gasteiger partial charge is 0.368 e. The number of carbonyl (C=O) groups excluding carboxylic acids is 1. The second-order valence-electron chi connectivity index (χ2n) is 7.55. The first kappa shape index (κ1) is 18.2. The molecule has 1 spiro atoms. The lowest BCUT2D eigenvalue weighted by atomic mass is 9.85. The van der Waals surface area contributed by atoms with E-state index in [2.05, 4.69) is 18.3 Å². The SMILES string of the molecule is CCc1cccc(NC(=O)C=CC2CCC3(CCCCCCC3)O2)c1. The van der Waals surface area contributed by atoms with E-state index < -0.39 is 0 Å². The van der Waals surface area contributed by atoms with E-state index in [9.17, 15) is 4.79 Å². The third-order valence-electron chi connectivity index (χ3n) is 5.62. The third kappa shape index (κ3) is 5.18. The van der Waals surface area contributed by atoms with E-state index in [1.165, 1.54) is 50.5 Å². The van der Waals surface area contributed by atoms with Gasteiger partial charge in [-0.15, -0.1) is 0 Å². The molecule has 1 aliphatic carbocycles. The van der Waals surface area contributed by atoms with Gasteiger partial charge < -0.3 is 10.1 Å². The first-order valence-electron chi connectivity index (χ1n) is 9.95. The molecular weight excluding hydrogens is 310 g/mol. The van der Waals surface area contributed by atoms with Crippen LogP contribution in [0.3, 0.4) is 0 Å². The Balaban J connectivity index is 1.52. The van der Waals surface area contributed by atoms with Crippen molar-refractivity contribution in [3.8, 4) is 0 Å². The van der Waals surface area contributed by atoms with Gasteiger partial charge in [0.05, 0.1) is 11.7 Å². The molecule has 1 saturated heterocycles. The smallest absolute Gasteiger partial charge is 0.248 e. The van der Waals surface area contributed by atoms with E-state index in [1.54, 1.807) is 6.08 Å². The molecule has 1 aromatic carbocycles.